The quantitative estimate of drug-likeness (QED) is 0.874. The number of amides is 1. The fraction of sp³-hybridized carbons (Fsp3) is 0.444. The van der Waals surface area contributed by atoms with E-state index in [9.17, 15) is 4.79 Å². The maximum atomic E-state index is 12.6. The van der Waals surface area contributed by atoms with Crippen LogP contribution in [0.4, 0.5) is 11.4 Å². The molecule has 2 aliphatic heterocycles. The Morgan fingerprint density at radius 1 is 1.22 bits per heavy atom. The first kappa shape index (κ1) is 14.3. The Morgan fingerprint density at radius 2 is 2.04 bits per heavy atom. The predicted molar refractivity (Wildman–Crippen MR) is 88.9 cm³/mol. The van der Waals surface area contributed by atoms with Crippen molar-refractivity contribution in [2.24, 2.45) is 0 Å². The Hall–Kier alpha value is -2.30. The van der Waals surface area contributed by atoms with Crippen LogP contribution in [0.25, 0.3) is 0 Å². The van der Waals surface area contributed by atoms with Gasteiger partial charge < -0.3 is 14.3 Å². The summed E-state index contributed by atoms with van der Waals surface area (Å²) in [6.07, 6.45) is 3.78. The average molecular weight is 311 g/mol. The molecule has 0 N–H and O–H groups in total. The summed E-state index contributed by atoms with van der Waals surface area (Å²) in [5, 5.41) is 3.92. The maximum absolute atomic E-state index is 12.6. The molecule has 120 valence electrons. The third-order valence-electron chi connectivity index (χ3n) is 4.74. The molecule has 0 unspecified atom stereocenters. The molecule has 0 saturated carbocycles. The van der Waals surface area contributed by atoms with E-state index in [0.717, 1.165) is 37.5 Å². The Balaban J connectivity index is 1.52. The van der Waals surface area contributed by atoms with Crippen molar-refractivity contribution in [2.45, 2.75) is 32.6 Å². The molecule has 0 spiro atoms. The zero-order valence-electron chi connectivity index (χ0n) is 13.4. The minimum Gasteiger partial charge on any atom is -0.372 e. The molecule has 0 aliphatic carbocycles. The monoisotopic (exact) mass is 311 g/mol. The summed E-state index contributed by atoms with van der Waals surface area (Å²) < 4.78 is 5.04. The van der Waals surface area contributed by atoms with Crippen LogP contribution < -0.4 is 9.80 Å². The lowest BCUT2D eigenvalue weighted by Gasteiger charge is -2.20. The second kappa shape index (κ2) is 5.72. The van der Waals surface area contributed by atoms with Crippen molar-refractivity contribution in [2.75, 3.05) is 29.4 Å². The van der Waals surface area contributed by atoms with Crippen LogP contribution in [0.1, 0.15) is 29.9 Å². The Bertz CT molecular complexity index is 732. The first-order valence-corrected chi connectivity index (χ1v) is 8.31. The summed E-state index contributed by atoms with van der Waals surface area (Å²) in [6.45, 7) is 4.89. The molecule has 3 heterocycles. The van der Waals surface area contributed by atoms with Gasteiger partial charge in [0.25, 0.3) is 0 Å². The first-order valence-electron chi connectivity index (χ1n) is 8.31. The largest absolute Gasteiger partial charge is 0.372 e. The van der Waals surface area contributed by atoms with Gasteiger partial charge in [-0.2, -0.15) is 0 Å². The van der Waals surface area contributed by atoms with E-state index in [0.29, 0.717) is 12.1 Å². The van der Waals surface area contributed by atoms with E-state index in [-0.39, 0.29) is 5.91 Å². The molecule has 5 nitrogen and oxygen atoms in total. The van der Waals surface area contributed by atoms with Crippen LogP contribution in [0.5, 0.6) is 0 Å². The highest BCUT2D eigenvalue weighted by Gasteiger charge is 2.26. The van der Waals surface area contributed by atoms with E-state index in [2.05, 4.69) is 28.3 Å². The smallest absolute Gasteiger partial charge is 0.233 e. The molecule has 0 bridgehead atoms. The highest BCUT2D eigenvalue weighted by Crippen LogP contribution is 2.33. The Labute approximate surface area is 135 Å². The number of anilines is 2. The number of carbonyl (C=O) groups is 1. The molecule has 1 fully saturated rings. The summed E-state index contributed by atoms with van der Waals surface area (Å²) >= 11 is 0. The topological polar surface area (TPSA) is 49.6 Å². The fourth-order valence-corrected chi connectivity index (χ4v) is 3.57. The zero-order valence-corrected chi connectivity index (χ0v) is 13.4. The number of hydrogen-bond donors (Lipinski definition) is 0. The number of nitrogens with zero attached hydrogens (tertiary/aromatic N) is 3. The summed E-state index contributed by atoms with van der Waals surface area (Å²) in [4.78, 5) is 16.9. The summed E-state index contributed by atoms with van der Waals surface area (Å²) in [5.41, 5.74) is 4.33. The van der Waals surface area contributed by atoms with Gasteiger partial charge in [0.1, 0.15) is 5.76 Å². The van der Waals surface area contributed by atoms with Gasteiger partial charge in [0.2, 0.25) is 5.91 Å². The van der Waals surface area contributed by atoms with Gasteiger partial charge in [-0.15, -0.1) is 0 Å². The van der Waals surface area contributed by atoms with Crippen LogP contribution in [0.2, 0.25) is 0 Å². The molecule has 0 radical (unpaired) electrons. The number of fused-ring (bicyclic) bond motifs is 1. The molecule has 1 amide bonds. The van der Waals surface area contributed by atoms with Gasteiger partial charge in [0.05, 0.1) is 12.1 Å². The molecule has 4 rings (SSSR count). The van der Waals surface area contributed by atoms with Crippen LogP contribution >= 0.6 is 0 Å². The molecular formula is C18H21N3O2. The molecule has 23 heavy (non-hydrogen) atoms. The van der Waals surface area contributed by atoms with Crippen molar-refractivity contribution < 1.29 is 9.32 Å². The lowest BCUT2D eigenvalue weighted by molar-refractivity contribution is -0.118. The van der Waals surface area contributed by atoms with E-state index in [1.807, 2.05) is 17.9 Å². The van der Waals surface area contributed by atoms with Crippen molar-refractivity contribution in [3.8, 4) is 0 Å². The van der Waals surface area contributed by atoms with E-state index in [1.165, 1.54) is 24.1 Å². The predicted octanol–water partition coefficient (Wildman–Crippen LogP) is 2.72. The summed E-state index contributed by atoms with van der Waals surface area (Å²) in [5.74, 6) is 0.829. The third kappa shape index (κ3) is 2.71. The molecule has 0 atom stereocenters. The Kier molecular flexibility index (Phi) is 3.56. The van der Waals surface area contributed by atoms with E-state index >= 15 is 0 Å². The molecule has 1 aromatic heterocycles. The van der Waals surface area contributed by atoms with Crippen LogP contribution in [0.3, 0.4) is 0 Å². The number of carbonyl (C=O) groups excluding carboxylic acids is 1. The van der Waals surface area contributed by atoms with Gasteiger partial charge in [-0.25, -0.2) is 0 Å². The van der Waals surface area contributed by atoms with Gasteiger partial charge >= 0.3 is 0 Å². The molecule has 2 aromatic rings. The lowest BCUT2D eigenvalue weighted by atomic mass is 10.1. The summed E-state index contributed by atoms with van der Waals surface area (Å²) in [7, 11) is 0. The van der Waals surface area contributed by atoms with Gasteiger partial charge in [-0.1, -0.05) is 5.16 Å². The van der Waals surface area contributed by atoms with E-state index < -0.39 is 0 Å². The van der Waals surface area contributed by atoms with Crippen LogP contribution in [0, 0.1) is 6.92 Å². The minimum absolute atomic E-state index is 0.0889. The molecule has 5 heteroatoms. The van der Waals surface area contributed by atoms with E-state index in [1.54, 1.807) is 0 Å². The van der Waals surface area contributed by atoms with Crippen LogP contribution in [-0.2, 0) is 17.6 Å². The normalized spacial score (nSPS) is 16.9. The number of aromatic nitrogens is 1. The molecular weight excluding hydrogens is 290 g/mol. The SMILES string of the molecule is Cc1cc(CC(=O)N2CCc3cc(N4CCCC4)ccc32)no1. The molecule has 1 aromatic carbocycles. The zero-order chi connectivity index (χ0) is 15.8. The number of aryl methyl sites for hydroxylation is 1. The van der Waals surface area contributed by atoms with Gasteiger partial charge in [0, 0.05) is 37.1 Å². The highest BCUT2D eigenvalue weighted by atomic mass is 16.5. The number of hydrogen-bond acceptors (Lipinski definition) is 4. The van der Waals surface area contributed by atoms with Gasteiger partial charge in [-0.3, -0.25) is 4.79 Å². The molecule has 2 aliphatic rings. The summed E-state index contributed by atoms with van der Waals surface area (Å²) in [6, 6.07) is 8.33. The highest BCUT2D eigenvalue weighted by molar-refractivity contribution is 5.96. The van der Waals surface area contributed by atoms with Gasteiger partial charge in [-0.05, 0) is 49.9 Å². The number of rotatable bonds is 3. The third-order valence-corrected chi connectivity index (χ3v) is 4.74. The first-order chi connectivity index (χ1) is 11.2. The molecule has 1 saturated heterocycles. The second-order valence-electron chi connectivity index (χ2n) is 6.41. The van der Waals surface area contributed by atoms with Crippen molar-refractivity contribution in [3.05, 3.63) is 41.3 Å². The maximum Gasteiger partial charge on any atom is 0.233 e. The second-order valence-corrected chi connectivity index (χ2v) is 6.41. The van der Waals surface area contributed by atoms with E-state index in [4.69, 9.17) is 4.52 Å². The minimum atomic E-state index is 0.0889. The number of benzene rings is 1. The Morgan fingerprint density at radius 3 is 2.78 bits per heavy atom. The van der Waals surface area contributed by atoms with Crippen LogP contribution in [0.15, 0.2) is 28.8 Å². The van der Waals surface area contributed by atoms with Crippen LogP contribution in [-0.4, -0.2) is 30.7 Å². The van der Waals surface area contributed by atoms with Crippen molar-refractivity contribution in [3.63, 3.8) is 0 Å². The van der Waals surface area contributed by atoms with Crippen molar-refractivity contribution in [1.29, 1.82) is 0 Å². The average Bonchev–Trinajstić information content (AvgIpc) is 3.26. The lowest BCUT2D eigenvalue weighted by Crippen LogP contribution is -2.30. The van der Waals surface area contributed by atoms with Gasteiger partial charge in [0.15, 0.2) is 0 Å². The van der Waals surface area contributed by atoms with Crippen molar-refractivity contribution >= 4 is 17.3 Å². The fourth-order valence-electron chi connectivity index (χ4n) is 3.57. The standard InChI is InChI=1S/C18H21N3O2/c1-13-10-15(19-23-13)12-18(22)21-9-6-14-11-16(4-5-17(14)21)20-7-2-3-8-20/h4-5,10-11H,2-3,6-9,12H2,1H3. The van der Waals surface area contributed by atoms with Crippen molar-refractivity contribution in [1.82, 2.24) is 5.16 Å².